The lowest BCUT2D eigenvalue weighted by Gasteiger charge is -2.23. The van der Waals surface area contributed by atoms with Crippen LogP contribution in [0.3, 0.4) is 0 Å². The van der Waals surface area contributed by atoms with Gasteiger partial charge in [-0.1, -0.05) is 23.2 Å². The van der Waals surface area contributed by atoms with E-state index in [0.717, 1.165) is 19.3 Å². The van der Waals surface area contributed by atoms with Gasteiger partial charge < -0.3 is 20.4 Å². The summed E-state index contributed by atoms with van der Waals surface area (Å²) in [4.78, 5) is 12.5. The van der Waals surface area contributed by atoms with Gasteiger partial charge in [0.05, 0.1) is 16.1 Å². The highest BCUT2D eigenvalue weighted by Gasteiger charge is 2.28. The normalized spacial score (nSPS) is 21.9. The molecule has 2 aliphatic heterocycles. The third-order valence-electron chi connectivity index (χ3n) is 4.77. The number of aliphatic hydroxyl groups is 1. The average molecular weight is 389 g/mol. The Morgan fingerprint density at radius 2 is 1.88 bits per heavy atom. The van der Waals surface area contributed by atoms with Crippen LogP contribution in [0.2, 0.25) is 10.0 Å². The van der Waals surface area contributed by atoms with E-state index in [9.17, 15) is 15.0 Å². The quantitative estimate of drug-likeness (QED) is 0.694. The van der Waals surface area contributed by atoms with Crippen LogP contribution in [-0.4, -0.2) is 47.7 Å². The lowest BCUT2D eigenvalue weighted by molar-refractivity contribution is -0.118. The van der Waals surface area contributed by atoms with Crippen molar-refractivity contribution >= 4 is 29.6 Å². The van der Waals surface area contributed by atoms with Crippen molar-refractivity contribution in [1.82, 2.24) is 10.2 Å². The van der Waals surface area contributed by atoms with Gasteiger partial charge in [-0.25, -0.2) is 0 Å². The van der Waals surface area contributed by atoms with E-state index in [1.54, 1.807) is 4.90 Å². The summed E-state index contributed by atoms with van der Waals surface area (Å²) in [5, 5.41) is 24.1. The molecule has 25 heavy (non-hydrogen) atoms. The van der Waals surface area contributed by atoms with Crippen LogP contribution in [0.4, 0.5) is 0 Å². The third kappa shape index (κ3) is 5.74. The highest BCUT2D eigenvalue weighted by Crippen LogP contribution is 2.41. The topological polar surface area (TPSA) is 72.8 Å². The van der Waals surface area contributed by atoms with Crippen molar-refractivity contribution in [2.24, 2.45) is 5.92 Å². The second-order valence-corrected chi connectivity index (χ2v) is 7.31. The Morgan fingerprint density at radius 3 is 2.48 bits per heavy atom. The van der Waals surface area contributed by atoms with E-state index in [1.165, 1.54) is 38.1 Å². The number of halogens is 2. The number of benzene rings is 1. The molecule has 2 fully saturated rings. The summed E-state index contributed by atoms with van der Waals surface area (Å²) in [6, 6.07) is 2.93. The molecule has 2 saturated heterocycles. The van der Waals surface area contributed by atoms with Crippen LogP contribution in [-0.2, 0) is 4.79 Å². The van der Waals surface area contributed by atoms with Gasteiger partial charge in [-0.3, -0.25) is 4.79 Å². The predicted octanol–water partition coefficient (Wildman–Crippen LogP) is 3.36. The van der Waals surface area contributed by atoms with Crippen molar-refractivity contribution in [2.75, 3.05) is 26.2 Å². The third-order valence-corrected chi connectivity index (χ3v) is 5.58. The number of carbonyl (C=O) groups is 1. The zero-order chi connectivity index (χ0) is 18.2. The van der Waals surface area contributed by atoms with Gasteiger partial charge in [-0.05, 0) is 63.2 Å². The van der Waals surface area contributed by atoms with E-state index in [4.69, 9.17) is 23.2 Å². The molecule has 2 atom stereocenters. The van der Waals surface area contributed by atoms with Gasteiger partial charge in [-0.2, -0.15) is 0 Å². The molecule has 0 bridgehead atoms. The van der Waals surface area contributed by atoms with Crippen molar-refractivity contribution in [1.29, 1.82) is 0 Å². The molecule has 7 heteroatoms. The van der Waals surface area contributed by atoms with Crippen LogP contribution < -0.4 is 5.32 Å². The number of phenols is 1. The van der Waals surface area contributed by atoms with Crippen LogP contribution in [0.1, 0.15) is 43.8 Å². The Morgan fingerprint density at radius 1 is 1.16 bits per heavy atom. The Hall–Kier alpha value is -1.01. The predicted molar refractivity (Wildman–Crippen MR) is 100 cm³/mol. The van der Waals surface area contributed by atoms with Crippen molar-refractivity contribution in [3.63, 3.8) is 0 Å². The molecule has 1 aromatic rings. The molecule has 2 heterocycles. The van der Waals surface area contributed by atoms with Crippen molar-refractivity contribution in [2.45, 2.75) is 38.2 Å². The molecule has 1 amide bonds. The highest BCUT2D eigenvalue weighted by atomic mass is 35.5. The van der Waals surface area contributed by atoms with Gasteiger partial charge in [0.15, 0.2) is 0 Å². The van der Waals surface area contributed by atoms with Gasteiger partial charge in [0, 0.05) is 18.7 Å². The number of aromatic hydroxyl groups is 1. The number of likely N-dealkylation sites (tertiary alicyclic amines) is 1. The van der Waals surface area contributed by atoms with E-state index in [1.807, 2.05) is 0 Å². The van der Waals surface area contributed by atoms with Crippen LogP contribution in [0.5, 0.6) is 5.75 Å². The minimum atomic E-state index is -0.882. The van der Waals surface area contributed by atoms with Gasteiger partial charge in [0.2, 0.25) is 6.41 Å². The van der Waals surface area contributed by atoms with Crippen LogP contribution >= 0.6 is 23.2 Å². The molecular weight excluding hydrogens is 363 g/mol. The lowest BCUT2D eigenvalue weighted by Crippen LogP contribution is -2.23. The number of phenolic OH excluding ortho intramolecular Hbond substituents is 1. The molecule has 1 aromatic carbocycles. The number of amides is 1. The highest BCUT2D eigenvalue weighted by molar-refractivity contribution is 6.42. The first-order valence-electron chi connectivity index (χ1n) is 8.79. The summed E-state index contributed by atoms with van der Waals surface area (Å²) in [5.74, 6) is -0.106. The molecule has 140 valence electrons. The zero-order valence-corrected chi connectivity index (χ0v) is 15.8. The number of aliphatic hydroxyl groups excluding tert-OH is 1. The summed E-state index contributed by atoms with van der Waals surface area (Å²) in [5.41, 5.74) is 0.281. The lowest BCUT2D eigenvalue weighted by atomic mass is 9.89. The fourth-order valence-electron chi connectivity index (χ4n) is 3.26. The van der Waals surface area contributed by atoms with Gasteiger partial charge >= 0.3 is 0 Å². The summed E-state index contributed by atoms with van der Waals surface area (Å²) in [6.07, 6.45) is 4.99. The maximum absolute atomic E-state index is 10.8. The van der Waals surface area contributed by atoms with E-state index >= 15 is 0 Å². The standard InChI is InChI=1S/C14H17Cl2NO3.C4H9N/c15-10-3-4-11(19)12(13(10)16)14(20)9-2-1-6-17(8-18)7-5-9;1-2-4-5-3-1/h3-4,8-9,14,19-20H,1-2,5-7H2;5H,1-4H2. The number of nitrogens with zero attached hydrogens (tertiary/aromatic N) is 1. The monoisotopic (exact) mass is 388 g/mol. The minimum absolute atomic E-state index is 0.0524. The summed E-state index contributed by atoms with van der Waals surface area (Å²) >= 11 is 12.0. The van der Waals surface area contributed by atoms with Crippen molar-refractivity contribution in [3.05, 3.63) is 27.7 Å². The van der Waals surface area contributed by atoms with E-state index in [0.29, 0.717) is 24.5 Å². The molecule has 2 aliphatic rings. The molecule has 3 rings (SSSR count). The Kier molecular flexibility index (Phi) is 8.30. The second kappa shape index (κ2) is 10.2. The first kappa shape index (κ1) is 20.3. The number of carbonyl (C=O) groups excluding carboxylic acids is 1. The Labute approximate surface area is 158 Å². The SMILES string of the molecule is C1CCNC1.O=CN1CCCC(C(O)c2c(O)ccc(Cl)c2Cl)CC1. The summed E-state index contributed by atoms with van der Waals surface area (Å²) in [6.45, 7) is 3.80. The summed E-state index contributed by atoms with van der Waals surface area (Å²) in [7, 11) is 0. The molecule has 0 radical (unpaired) electrons. The van der Waals surface area contributed by atoms with E-state index < -0.39 is 6.10 Å². The maximum atomic E-state index is 10.8. The fourth-order valence-corrected chi connectivity index (χ4v) is 3.70. The molecule has 0 aromatic heterocycles. The second-order valence-electron chi connectivity index (χ2n) is 6.53. The number of hydrogen-bond acceptors (Lipinski definition) is 4. The van der Waals surface area contributed by atoms with Crippen molar-refractivity contribution in [3.8, 4) is 5.75 Å². The van der Waals surface area contributed by atoms with Crippen LogP contribution in [0.25, 0.3) is 0 Å². The molecule has 5 nitrogen and oxygen atoms in total. The number of hydrogen-bond donors (Lipinski definition) is 3. The first-order chi connectivity index (χ1) is 12.0. The zero-order valence-electron chi connectivity index (χ0n) is 14.3. The van der Waals surface area contributed by atoms with Crippen LogP contribution in [0.15, 0.2) is 12.1 Å². The van der Waals surface area contributed by atoms with Gasteiger partial charge in [0.1, 0.15) is 5.75 Å². The smallest absolute Gasteiger partial charge is 0.209 e. The molecule has 0 saturated carbocycles. The maximum Gasteiger partial charge on any atom is 0.209 e. The van der Waals surface area contributed by atoms with E-state index in [-0.39, 0.29) is 22.3 Å². The Bertz CT molecular complexity index is 560. The van der Waals surface area contributed by atoms with Gasteiger partial charge in [0.25, 0.3) is 0 Å². The molecule has 0 aliphatic carbocycles. The number of rotatable bonds is 3. The molecule has 0 spiro atoms. The molecule has 2 unspecified atom stereocenters. The average Bonchev–Trinajstić information content (AvgIpc) is 3.10. The molecule has 3 N–H and O–H groups in total. The van der Waals surface area contributed by atoms with Gasteiger partial charge in [-0.15, -0.1) is 0 Å². The van der Waals surface area contributed by atoms with Crippen LogP contribution in [0, 0.1) is 5.92 Å². The van der Waals surface area contributed by atoms with E-state index in [2.05, 4.69) is 5.32 Å². The number of nitrogens with one attached hydrogen (secondary N) is 1. The minimum Gasteiger partial charge on any atom is -0.508 e. The first-order valence-corrected chi connectivity index (χ1v) is 9.55. The Balaban J connectivity index is 0.000000386. The summed E-state index contributed by atoms with van der Waals surface area (Å²) < 4.78 is 0. The van der Waals surface area contributed by atoms with Crippen molar-refractivity contribution < 1.29 is 15.0 Å². The largest absolute Gasteiger partial charge is 0.508 e. The fraction of sp³-hybridized carbons (Fsp3) is 0.611. The molecular formula is C18H26Cl2N2O3.